The lowest BCUT2D eigenvalue weighted by Gasteiger charge is -2.01. The molecular formula is C16H12N2O2. The highest BCUT2D eigenvalue weighted by Crippen LogP contribution is 2.19. The second-order valence-corrected chi connectivity index (χ2v) is 4.22. The van der Waals surface area contributed by atoms with Gasteiger partial charge >= 0.3 is 0 Å². The van der Waals surface area contributed by atoms with Gasteiger partial charge in [-0.1, -0.05) is 36.4 Å². The van der Waals surface area contributed by atoms with Crippen LogP contribution in [0.2, 0.25) is 0 Å². The number of rotatable bonds is 3. The third kappa shape index (κ3) is 2.59. The van der Waals surface area contributed by atoms with Gasteiger partial charge in [0.15, 0.2) is 0 Å². The first-order valence-corrected chi connectivity index (χ1v) is 6.20. The van der Waals surface area contributed by atoms with Crippen molar-refractivity contribution in [3.63, 3.8) is 0 Å². The lowest BCUT2D eigenvalue weighted by molar-refractivity contribution is 0.0997. The van der Waals surface area contributed by atoms with Crippen LogP contribution in [0.3, 0.4) is 0 Å². The van der Waals surface area contributed by atoms with E-state index in [-0.39, 0.29) is 11.7 Å². The first-order chi connectivity index (χ1) is 9.83. The molecule has 1 N–H and O–H groups in total. The van der Waals surface area contributed by atoms with Crippen molar-refractivity contribution in [3.8, 4) is 11.5 Å². The zero-order valence-corrected chi connectivity index (χ0v) is 10.6. The summed E-state index contributed by atoms with van der Waals surface area (Å²) in [6, 6.07) is 18.7. The average molecular weight is 264 g/mol. The third-order valence-corrected chi connectivity index (χ3v) is 2.78. The van der Waals surface area contributed by atoms with Crippen LogP contribution >= 0.6 is 0 Å². The van der Waals surface area contributed by atoms with Crippen molar-refractivity contribution in [2.75, 3.05) is 5.32 Å². The summed E-state index contributed by atoms with van der Waals surface area (Å²) in [7, 11) is 0. The van der Waals surface area contributed by atoms with E-state index >= 15 is 0 Å². The number of para-hydroxylation sites is 1. The fourth-order valence-electron chi connectivity index (χ4n) is 1.81. The van der Waals surface area contributed by atoms with Crippen molar-refractivity contribution in [3.05, 3.63) is 72.6 Å². The zero-order chi connectivity index (χ0) is 13.8. The molecule has 4 heteroatoms. The summed E-state index contributed by atoms with van der Waals surface area (Å²) < 4.78 is 5.48. The van der Waals surface area contributed by atoms with Crippen molar-refractivity contribution in [1.29, 1.82) is 0 Å². The number of hydrogen-bond acceptors (Lipinski definition) is 3. The summed E-state index contributed by atoms with van der Waals surface area (Å²) in [5.41, 5.74) is 1.56. The van der Waals surface area contributed by atoms with Gasteiger partial charge in [-0.3, -0.25) is 4.79 Å². The van der Waals surface area contributed by atoms with Gasteiger partial charge in [0.05, 0.1) is 6.20 Å². The van der Waals surface area contributed by atoms with Gasteiger partial charge in [-0.25, -0.2) is 4.98 Å². The summed E-state index contributed by atoms with van der Waals surface area (Å²) in [6.45, 7) is 0. The molecule has 2 aromatic carbocycles. The highest BCUT2D eigenvalue weighted by molar-refractivity contribution is 6.02. The fourth-order valence-corrected chi connectivity index (χ4v) is 1.81. The van der Waals surface area contributed by atoms with Gasteiger partial charge in [-0.15, -0.1) is 0 Å². The van der Waals surface area contributed by atoms with E-state index in [1.54, 1.807) is 0 Å². The second kappa shape index (κ2) is 5.40. The Bertz CT molecular complexity index is 706. The number of nitrogens with one attached hydrogen (secondary N) is 1. The Morgan fingerprint density at radius 3 is 2.30 bits per heavy atom. The molecule has 0 aliphatic carbocycles. The van der Waals surface area contributed by atoms with Gasteiger partial charge < -0.3 is 9.73 Å². The van der Waals surface area contributed by atoms with E-state index in [0.29, 0.717) is 5.89 Å². The fraction of sp³-hybridized carbons (Fsp3) is 0. The number of oxazole rings is 1. The van der Waals surface area contributed by atoms with E-state index in [9.17, 15) is 4.79 Å². The predicted molar refractivity (Wildman–Crippen MR) is 76.3 cm³/mol. The van der Waals surface area contributed by atoms with Gasteiger partial charge in [-0.05, 0) is 24.3 Å². The lowest BCUT2D eigenvalue weighted by atomic mass is 10.2. The molecule has 0 aliphatic heterocycles. The number of hydrogen-bond donors (Lipinski definition) is 1. The number of carbonyl (C=O) groups excluding carboxylic acids is 1. The van der Waals surface area contributed by atoms with Crippen LogP contribution < -0.4 is 5.32 Å². The molecule has 1 heterocycles. The summed E-state index contributed by atoms with van der Waals surface area (Å²) in [5, 5.41) is 2.75. The molecule has 0 bridgehead atoms. The lowest BCUT2D eigenvalue weighted by Crippen LogP contribution is -2.10. The molecule has 0 aliphatic rings. The van der Waals surface area contributed by atoms with Crippen LogP contribution in [0.5, 0.6) is 0 Å². The van der Waals surface area contributed by atoms with Gasteiger partial charge in [0.2, 0.25) is 11.7 Å². The smallest absolute Gasteiger partial charge is 0.293 e. The molecule has 20 heavy (non-hydrogen) atoms. The van der Waals surface area contributed by atoms with Gasteiger partial charge in [0.25, 0.3) is 5.91 Å². The molecule has 1 aromatic heterocycles. The van der Waals surface area contributed by atoms with E-state index in [2.05, 4.69) is 10.3 Å². The van der Waals surface area contributed by atoms with Gasteiger partial charge in [-0.2, -0.15) is 0 Å². The largest absolute Gasteiger partial charge is 0.431 e. The molecule has 0 fully saturated rings. The van der Waals surface area contributed by atoms with Crippen LogP contribution in [-0.2, 0) is 0 Å². The quantitative estimate of drug-likeness (QED) is 0.786. The van der Waals surface area contributed by atoms with E-state index in [1.807, 2.05) is 60.7 Å². The van der Waals surface area contributed by atoms with E-state index in [4.69, 9.17) is 4.42 Å². The summed E-state index contributed by atoms with van der Waals surface area (Å²) >= 11 is 0. The highest BCUT2D eigenvalue weighted by atomic mass is 16.4. The Labute approximate surface area is 116 Å². The minimum Gasteiger partial charge on any atom is -0.431 e. The standard InChI is InChI=1S/C16H12N2O2/c19-15(18-13-9-5-2-6-10-13)14-11-17-16(20-14)12-7-3-1-4-8-12/h1-11H,(H,18,19). The number of anilines is 1. The van der Waals surface area contributed by atoms with Crippen LogP contribution in [0.15, 0.2) is 71.3 Å². The van der Waals surface area contributed by atoms with Crippen LogP contribution in [0.4, 0.5) is 5.69 Å². The van der Waals surface area contributed by atoms with E-state index in [0.717, 1.165) is 11.3 Å². The van der Waals surface area contributed by atoms with Crippen LogP contribution in [-0.4, -0.2) is 10.9 Å². The van der Waals surface area contributed by atoms with Crippen molar-refractivity contribution in [2.24, 2.45) is 0 Å². The molecule has 0 atom stereocenters. The van der Waals surface area contributed by atoms with Crippen LogP contribution in [0.25, 0.3) is 11.5 Å². The van der Waals surface area contributed by atoms with Crippen LogP contribution in [0.1, 0.15) is 10.6 Å². The molecular weight excluding hydrogens is 252 g/mol. The number of amides is 1. The highest BCUT2D eigenvalue weighted by Gasteiger charge is 2.13. The predicted octanol–water partition coefficient (Wildman–Crippen LogP) is 3.59. The Kier molecular flexibility index (Phi) is 3.29. The molecule has 3 rings (SSSR count). The molecule has 0 saturated carbocycles. The molecule has 0 spiro atoms. The molecule has 3 aromatic rings. The maximum absolute atomic E-state index is 12.0. The van der Waals surface area contributed by atoms with Crippen molar-refractivity contribution >= 4 is 11.6 Å². The van der Waals surface area contributed by atoms with Crippen molar-refractivity contribution in [2.45, 2.75) is 0 Å². The Morgan fingerprint density at radius 1 is 0.950 bits per heavy atom. The number of carbonyl (C=O) groups is 1. The molecule has 1 amide bonds. The number of benzene rings is 2. The first-order valence-electron chi connectivity index (χ1n) is 6.20. The van der Waals surface area contributed by atoms with Gasteiger partial charge in [0, 0.05) is 11.3 Å². The van der Waals surface area contributed by atoms with E-state index in [1.165, 1.54) is 6.20 Å². The monoisotopic (exact) mass is 264 g/mol. The normalized spacial score (nSPS) is 10.2. The maximum Gasteiger partial charge on any atom is 0.293 e. The molecule has 0 unspecified atom stereocenters. The summed E-state index contributed by atoms with van der Waals surface area (Å²) in [4.78, 5) is 16.1. The maximum atomic E-state index is 12.0. The first kappa shape index (κ1) is 12.2. The van der Waals surface area contributed by atoms with Crippen molar-refractivity contribution in [1.82, 2.24) is 4.98 Å². The number of aromatic nitrogens is 1. The average Bonchev–Trinajstić information content (AvgIpc) is 2.99. The Morgan fingerprint density at radius 2 is 1.60 bits per heavy atom. The number of nitrogens with zero attached hydrogens (tertiary/aromatic N) is 1. The molecule has 0 saturated heterocycles. The SMILES string of the molecule is O=C(Nc1ccccc1)c1cnc(-c2ccccc2)o1. The minimum absolute atomic E-state index is 0.188. The molecule has 0 radical (unpaired) electrons. The van der Waals surface area contributed by atoms with Crippen LogP contribution in [0, 0.1) is 0 Å². The third-order valence-electron chi connectivity index (χ3n) is 2.78. The Balaban J connectivity index is 1.79. The Hall–Kier alpha value is -2.88. The second-order valence-electron chi connectivity index (χ2n) is 4.22. The zero-order valence-electron chi connectivity index (χ0n) is 10.6. The topological polar surface area (TPSA) is 55.1 Å². The van der Waals surface area contributed by atoms with Gasteiger partial charge in [0.1, 0.15) is 0 Å². The molecule has 4 nitrogen and oxygen atoms in total. The summed E-state index contributed by atoms with van der Waals surface area (Å²) in [6.07, 6.45) is 1.43. The van der Waals surface area contributed by atoms with Crippen molar-refractivity contribution < 1.29 is 9.21 Å². The summed E-state index contributed by atoms with van der Waals surface area (Å²) in [5.74, 6) is 0.308. The molecule has 98 valence electrons. The van der Waals surface area contributed by atoms with E-state index < -0.39 is 0 Å². The minimum atomic E-state index is -0.314.